The Balaban J connectivity index is 0.00000231. The predicted octanol–water partition coefficient (Wildman–Crippen LogP) is 2.55. The molecule has 6 unspecified atom stereocenters. The fraction of sp³-hybridized carbons (Fsp3) is 0.708. The molecular formula is C24H31O6Y-. The van der Waals surface area contributed by atoms with Crippen LogP contribution in [0.4, 0.5) is 0 Å². The maximum Gasteiger partial charge on any atom is 0.193 e. The largest absolute Gasteiger partial charge is 0.425 e. The van der Waals surface area contributed by atoms with Gasteiger partial charge in [-0.25, -0.2) is 0 Å². The Hall–Kier alpha value is -0.236. The van der Waals surface area contributed by atoms with Gasteiger partial charge in [-0.1, -0.05) is 37.9 Å². The van der Waals surface area contributed by atoms with Crippen molar-refractivity contribution in [3.05, 3.63) is 29.7 Å². The van der Waals surface area contributed by atoms with Crippen LogP contribution in [-0.4, -0.2) is 54.5 Å². The van der Waals surface area contributed by atoms with E-state index in [0.717, 1.165) is 30.8 Å². The van der Waals surface area contributed by atoms with Crippen molar-refractivity contribution < 1.29 is 61.6 Å². The van der Waals surface area contributed by atoms with Crippen molar-refractivity contribution in [1.29, 1.82) is 0 Å². The summed E-state index contributed by atoms with van der Waals surface area (Å²) in [7, 11) is 1.52. The van der Waals surface area contributed by atoms with Gasteiger partial charge in [-0.3, -0.25) is 15.5 Å². The van der Waals surface area contributed by atoms with Crippen LogP contribution in [0.3, 0.4) is 0 Å². The van der Waals surface area contributed by atoms with Gasteiger partial charge in [-0.15, -0.1) is 11.5 Å². The molecule has 1 radical (unpaired) electrons. The molecular weight excluding hydrogens is 473 g/mol. The zero-order valence-electron chi connectivity index (χ0n) is 18.7. The third-order valence-corrected chi connectivity index (χ3v) is 8.74. The number of rotatable bonds is 3. The number of hydrogen-bond acceptors (Lipinski definition) is 6. The summed E-state index contributed by atoms with van der Waals surface area (Å²) in [5.74, 6) is 1.34. The molecule has 5 rings (SSSR count). The first-order valence-corrected chi connectivity index (χ1v) is 11.0. The third-order valence-electron chi connectivity index (χ3n) is 8.74. The van der Waals surface area contributed by atoms with Gasteiger partial charge in [0.1, 0.15) is 6.61 Å². The Labute approximate surface area is 209 Å². The molecule has 3 saturated carbocycles. The molecule has 7 heteroatoms. The Morgan fingerprint density at radius 3 is 2.84 bits per heavy atom. The van der Waals surface area contributed by atoms with E-state index in [4.69, 9.17) is 14.2 Å². The molecule has 31 heavy (non-hydrogen) atoms. The number of hydrogen-bond donors (Lipinski definition) is 1. The van der Waals surface area contributed by atoms with Crippen LogP contribution in [0.5, 0.6) is 0 Å². The fourth-order valence-electron chi connectivity index (χ4n) is 7.61. The van der Waals surface area contributed by atoms with Crippen molar-refractivity contribution in [2.75, 3.05) is 13.7 Å². The number of allylic oxidation sites excluding steroid dienone is 4. The van der Waals surface area contributed by atoms with Gasteiger partial charge in [0.25, 0.3) is 0 Å². The molecule has 167 valence electrons. The van der Waals surface area contributed by atoms with Gasteiger partial charge in [0, 0.05) is 45.2 Å². The second-order valence-corrected chi connectivity index (χ2v) is 10.1. The van der Waals surface area contributed by atoms with Crippen molar-refractivity contribution in [2.24, 2.45) is 22.7 Å². The minimum atomic E-state index is -1.09. The molecule has 1 N–H and O–H groups in total. The van der Waals surface area contributed by atoms with Gasteiger partial charge in [0.05, 0.1) is 6.10 Å². The van der Waals surface area contributed by atoms with Crippen LogP contribution in [0.1, 0.15) is 46.5 Å². The monoisotopic (exact) mass is 504 g/mol. The Morgan fingerprint density at radius 2 is 2.13 bits per heavy atom. The van der Waals surface area contributed by atoms with E-state index in [1.165, 1.54) is 7.11 Å². The molecule has 1 aliphatic heterocycles. The standard InChI is InChI=1S/C24H31O6.Y/c1-13-29-20-10-17-16-6-5-14-9-15(25)7-8-22(14,2)21(16)18(26)11-23(17,3)24(20,30-13)19(27)12-28-4;/h7-9,13,16-18,20,26H,5-6,10-12H2,1-4H3;/q-1;/t13?,16?,17?,18?,20?,22-,23-,24?;/m0./s1. The van der Waals surface area contributed by atoms with Crippen LogP contribution in [0, 0.1) is 28.6 Å². The molecule has 0 aromatic carbocycles. The van der Waals surface area contributed by atoms with Crippen molar-refractivity contribution in [3.8, 4) is 0 Å². The summed E-state index contributed by atoms with van der Waals surface area (Å²) >= 11 is 0. The molecule has 0 spiro atoms. The molecule has 1 saturated heterocycles. The summed E-state index contributed by atoms with van der Waals surface area (Å²) in [6, 6.07) is 0. The van der Waals surface area contributed by atoms with Crippen molar-refractivity contribution >= 4 is 11.6 Å². The third kappa shape index (κ3) is 3.05. The normalized spacial score (nSPS) is 48.2. The second kappa shape index (κ2) is 7.92. The van der Waals surface area contributed by atoms with Crippen molar-refractivity contribution in [3.63, 3.8) is 0 Å². The zero-order chi connectivity index (χ0) is 21.5. The molecule has 4 fully saturated rings. The van der Waals surface area contributed by atoms with Crippen LogP contribution in [-0.2, 0) is 56.5 Å². The van der Waals surface area contributed by atoms with E-state index in [9.17, 15) is 14.7 Å². The van der Waals surface area contributed by atoms with Gasteiger partial charge >= 0.3 is 0 Å². The molecule has 8 atom stereocenters. The first-order valence-electron chi connectivity index (χ1n) is 11.0. The van der Waals surface area contributed by atoms with E-state index in [1.54, 1.807) is 12.2 Å². The Kier molecular flexibility index (Phi) is 6.11. The van der Waals surface area contributed by atoms with E-state index >= 15 is 0 Å². The van der Waals surface area contributed by atoms with Crippen LogP contribution < -0.4 is 0 Å². The minimum absolute atomic E-state index is 0. The maximum absolute atomic E-state index is 13.4. The first kappa shape index (κ1) is 23.9. The zero-order valence-corrected chi connectivity index (χ0v) is 21.6. The smallest absolute Gasteiger partial charge is 0.193 e. The number of carbonyl (C=O) groups excluding carboxylic acids is 2. The number of Topliss-reactive ketones (excluding diaryl/α,β-unsaturated/α-hetero) is 1. The van der Waals surface area contributed by atoms with Crippen LogP contribution in [0.2, 0.25) is 0 Å². The second-order valence-electron chi connectivity index (χ2n) is 10.1. The Morgan fingerprint density at radius 1 is 1.39 bits per heavy atom. The first-order chi connectivity index (χ1) is 14.2. The SMILES string of the molecule is COCC(=O)C12OC(C)OC1CC1C3CCC4=CC(=O)C=C[C@]4(C)[C-]3C(O)C[C@@]12C.[Y]. The average Bonchev–Trinajstić information content (AvgIpc) is 3.13. The average molecular weight is 504 g/mol. The van der Waals surface area contributed by atoms with Crippen molar-refractivity contribution in [1.82, 2.24) is 0 Å². The molecule has 1 heterocycles. The molecule has 0 aromatic rings. The summed E-state index contributed by atoms with van der Waals surface area (Å²) in [5, 5.41) is 11.5. The summed E-state index contributed by atoms with van der Waals surface area (Å²) < 4.78 is 17.6. The molecule has 0 amide bonds. The number of fused-ring (bicyclic) bond motifs is 7. The van der Waals surface area contributed by atoms with E-state index in [2.05, 4.69) is 13.8 Å². The topological polar surface area (TPSA) is 82.1 Å². The van der Waals surface area contributed by atoms with E-state index in [-0.39, 0.29) is 68.8 Å². The predicted molar refractivity (Wildman–Crippen MR) is 108 cm³/mol. The quantitative estimate of drug-likeness (QED) is 0.596. The van der Waals surface area contributed by atoms with Gasteiger partial charge in [-0.2, -0.15) is 5.92 Å². The van der Waals surface area contributed by atoms with Gasteiger partial charge in [-0.05, 0) is 38.3 Å². The van der Waals surface area contributed by atoms with E-state index < -0.39 is 28.8 Å². The van der Waals surface area contributed by atoms with Crippen LogP contribution >= 0.6 is 0 Å². The van der Waals surface area contributed by atoms with Gasteiger partial charge in [0.15, 0.2) is 23.5 Å². The molecule has 4 aliphatic carbocycles. The maximum atomic E-state index is 13.4. The molecule has 0 bridgehead atoms. The molecule has 6 nitrogen and oxygen atoms in total. The number of methoxy groups -OCH3 is 1. The number of aliphatic hydroxyl groups excluding tert-OH is 1. The van der Waals surface area contributed by atoms with E-state index in [1.807, 2.05) is 13.0 Å². The summed E-state index contributed by atoms with van der Waals surface area (Å²) in [5.41, 5.74) is -0.950. The number of carbonyl (C=O) groups is 2. The van der Waals surface area contributed by atoms with Crippen molar-refractivity contribution in [2.45, 2.75) is 70.6 Å². The number of ether oxygens (including phenoxy) is 3. The Bertz CT molecular complexity index is 853. The fourth-order valence-corrected chi connectivity index (χ4v) is 7.61. The number of ketones is 2. The summed E-state index contributed by atoms with van der Waals surface area (Å²) in [6.45, 7) is 6.02. The van der Waals surface area contributed by atoms with E-state index in [0.29, 0.717) is 6.42 Å². The minimum Gasteiger partial charge on any atom is -0.425 e. The van der Waals surface area contributed by atoms with Crippen LogP contribution in [0.15, 0.2) is 23.8 Å². The molecule has 0 aromatic heterocycles. The van der Waals surface area contributed by atoms with Gasteiger partial charge < -0.3 is 19.3 Å². The summed E-state index contributed by atoms with van der Waals surface area (Å²) in [4.78, 5) is 25.3. The number of aliphatic hydroxyl groups is 1. The molecule has 5 aliphatic rings. The van der Waals surface area contributed by atoms with Gasteiger partial charge in [0.2, 0.25) is 0 Å². The van der Waals surface area contributed by atoms with Crippen LogP contribution in [0.25, 0.3) is 0 Å². The summed E-state index contributed by atoms with van der Waals surface area (Å²) in [6.07, 6.45) is 6.73.